The van der Waals surface area contributed by atoms with Gasteiger partial charge in [-0.1, -0.05) is 6.07 Å². The van der Waals surface area contributed by atoms with Crippen LogP contribution in [0.25, 0.3) is 0 Å². The quantitative estimate of drug-likeness (QED) is 0.700. The predicted molar refractivity (Wildman–Crippen MR) is 62.4 cm³/mol. The number of rotatable bonds is 1. The van der Waals surface area contributed by atoms with Gasteiger partial charge in [-0.25, -0.2) is 0 Å². The van der Waals surface area contributed by atoms with Gasteiger partial charge in [-0.3, -0.25) is 9.78 Å². The van der Waals surface area contributed by atoms with Gasteiger partial charge in [0.2, 0.25) is 0 Å². The highest BCUT2D eigenvalue weighted by molar-refractivity contribution is 5.92. The fraction of sp³-hybridized carbons (Fsp3) is 0.500. The second-order valence-corrected chi connectivity index (χ2v) is 4.32. The Labute approximate surface area is 95.9 Å². The van der Waals surface area contributed by atoms with E-state index >= 15 is 0 Å². The van der Waals surface area contributed by atoms with Gasteiger partial charge < -0.3 is 9.80 Å². The molecule has 0 aliphatic carbocycles. The molecule has 4 heteroatoms. The maximum absolute atomic E-state index is 12.1. The molecule has 0 bridgehead atoms. The van der Waals surface area contributed by atoms with Gasteiger partial charge in [-0.05, 0) is 25.6 Å². The monoisotopic (exact) mass is 219 g/mol. The number of aromatic nitrogens is 1. The molecular weight excluding hydrogens is 202 g/mol. The van der Waals surface area contributed by atoms with Gasteiger partial charge in [0, 0.05) is 32.4 Å². The van der Waals surface area contributed by atoms with Gasteiger partial charge in [-0.2, -0.15) is 0 Å². The summed E-state index contributed by atoms with van der Waals surface area (Å²) in [5.74, 6) is 0.0492. The summed E-state index contributed by atoms with van der Waals surface area (Å²) in [6.45, 7) is 5.45. The first-order valence-corrected chi connectivity index (χ1v) is 5.57. The fourth-order valence-corrected chi connectivity index (χ4v) is 1.77. The molecule has 1 amide bonds. The van der Waals surface area contributed by atoms with Gasteiger partial charge in [0.05, 0.1) is 0 Å². The number of amides is 1. The Bertz CT molecular complexity index is 366. The zero-order valence-corrected chi connectivity index (χ0v) is 9.81. The average molecular weight is 219 g/mol. The van der Waals surface area contributed by atoms with E-state index in [1.165, 1.54) is 0 Å². The fourth-order valence-electron chi connectivity index (χ4n) is 1.77. The second kappa shape index (κ2) is 4.61. The van der Waals surface area contributed by atoms with E-state index in [1.54, 1.807) is 12.3 Å². The summed E-state index contributed by atoms with van der Waals surface area (Å²) in [7, 11) is 2.08. The van der Waals surface area contributed by atoms with Gasteiger partial charge in [-0.15, -0.1) is 0 Å². The molecule has 2 heterocycles. The third kappa shape index (κ3) is 2.39. The molecule has 1 aromatic rings. The Morgan fingerprint density at radius 1 is 1.25 bits per heavy atom. The zero-order chi connectivity index (χ0) is 11.5. The largest absolute Gasteiger partial charge is 0.335 e. The van der Waals surface area contributed by atoms with Gasteiger partial charge in [0.15, 0.2) is 0 Å². The van der Waals surface area contributed by atoms with Crippen LogP contribution < -0.4 is 0 Å². The van der Waals surface area contributed by atoms with Crippen molar-refractivity contribution in [3.8, 4) is 0 Å². The summed E-state index contributed by atoms with van der Waals surface area (Å²) in [5.41, 5.74) is 1.63. The number of nitrogens with zero attached hydrogens (tertiary/aromatic N) is 3. The minimum Gasteiger partial charge on any atom is -0.335 e. The third-order valence-electron chi connectivity index (χ3n) is 2.92. The molecule has 1 aliphatic heterocycles. The van der Waals surface area contributed by atoms with E-state index in [0.717, 1.165) is 31.7 Å². The molecule has 16 heavy (non-hydrogen) atoms. The van der Waals surface area contributed by atoms with E-state index in [4.69, 9.17) is 0 Å². The Balaban J connectivity index is 2.05. The summed E-state index contributed by atoms with van der Waals surface area (Å²) in [6, 6.07) is 3.73. The van der Waals surface area contributed by atoms with E-state index in [-0.39, 0.29) is 5.91 Å². The lowest BCUT2D eigenvalue weighted by atomic mass is 10.2. The lowest BCUT2D eigenvalue weighted by Crippen LogP contribution is -2.47. The van der Waals surface area contributed by atoms with Crippen molar-refractivity contribution in [2.45, 2.75) is 6.92 Å². The number of aryl methyl sites for hydroxylation is 1. The number of carbonyl (C=O) groups is 1. The van der Waals surface area contributed by atoms with E-state index < -0.39 is 0 Å². The highest BCUT2D eigenvalue weighted by atomic mass is 16.2. The molecule has 1 aliphatic rings. The SMILES string of the molecule is Cc1ccc(C(=O)N2CCN(C)CC2)nc1. The normalized spacial score (nSPS) is 17.5. The number of hydrogen-bond donors (Lipinski definition) is 0. The number of piperazine rings is 1. The van der Waals surface area contributed by atoms with E-state index in [0.29, 0.717) is 5.69 Å². The predicted octanol–water partition coefficient (Wildman–Crippen LogP) is 0.778. The van der Waals surface area contributed by atoms with Crippen LogP contribution in [0.3, 0.4) is 0 Å². The molecule has 0 N–H and O–H groups in total. The maximum Gasteiger partial charge on any atom is 0.272 e. The first kappa shape index (κ1) is 11.1. The van der Waals surface area contributed by atoms with Crippen LogP contribution >= 0.6 is 0 Å². The van der Waals surface area contributed by atoms with Gasteiger partial charge >= 0.3 is 0 Å². The summed E-state index contributed by atoms with van der Waals surface area (Å²) in [4.78, 5) is 20.3. The molecule has 86 valence electrons. The molecule has 4 nitrogen and oxygen atoms in total. The van der Waals surface area contributed by atoms with Crippen LogP contribution in [-0.2, 0) is 0 Å². The average Bonchev–Trinajstić information content (AvgIpc) is 2.30. The van der Waals surface area contributed by atoms with Crippen molar-refractivity contribution < 1.29 is 4.79 Å². The topological polar surface area (TPSA) is 36.4 Å². The smallest absolute Gasteiger partial charge is 0.272 e. The minimum absolute atomic E-state index is 0.0492. The molecule has 0 saturated carbocycles. The van der Waals surface area contributed by atoms with Crippen molar-refractivity contribution in [2.75, 3.05) is 33.2 Å². The summed E-state index contributed by atoms with van der Waals surface area (Å²) < 4.78 is 0. The number of hydrogen-bond acceptors (Lipinski definition) is 3. The molecule has 2 rings (SSSR count). The maximum atomic E-state index is 12.1. The molecule has 1 aromatic heterocycles. The second-order valence-electron chi connectivity index (χ2n) is 4.32. The Morgan fingerprint density at radius 3 is 2.50 bits per heavy atom. The van der Waals surface area contributed by atoms with Crippen LogP contribution in [0.4, 0.5) is 0 Å². The van der Waals surface area contributed by atoms with Crippen molar-refractivity contribution in [3.63, 3.8) is 0 Å². The van der Waals surface area contributed by atoms with Crippen LogP contribution in [-0.4, -0.2) is 53.9 Å². The number of likely N-dealkylation sites (N-methyl/N-ethyl adjacent to an activating group) is 1. The lowest BCUT2D eigenvalue weighted by molar-refractivity contribution is 0.0658. The van der Waals surface area contributed by atoms with Crippen molar-refractivity contribution in [2.24, 2.45) is 0 Å². The van der Waals surface area contributed by atoms with Crippen molar-refractivity contribution >= 4 is 5.91 Å². The standard InChI is InChI=1S/C12H17N3O/c1-10-3-4-11(13-9-10)12(16)15-7-5-14(2)6-8-15/h3-4,9H,5-8H2,1-2H3. The third-order valence-corrected chi connectivity index (χ3v) is 2.92. The van der Waals surface area contributed by atoms with E-state index in [9.17, 15) is 4.79 Å². The van der Waals surface area contributed by atoms with Crippen molar-refractivity contribution in [3.05, 3.63) is 29.6 Å². The van der Waals surface area contributed by atoms with Crippen LogP contribution in [0.2, 0.25) is 0 Å². The molecule has 1 fully saturated rings. The Morgan fingerprint density at radius 2 is 1.94 bits per heavy atom. The number of carbonyl (C=O) groups excluding carboxylic acids is 1. The molecule has 0 spiro atoms. The first-order chi connectivity index (χ1) is 7.66. The molecule has 0 unspecified atom stereocenters. The van der Waals surface area contributed by atoms with Crippen LogP contribution in [0.1, 0.15) is 16.1 Å². The van der Waals surface area contributed by atoms with Gasteiger partial charge in [0.1, 0.15) is 5.69 Å². The molecule has 0 radical (unpaired) electrons. The highest BCUT2D eigenvalue weighted by Gasteiger charge is 2.20. The molecular formula is C12H17N3O. The van der Waals surface area contributed by atoms with E-state index in [2.05, 4.69) is 16.9 Å². The number of pyridine rings is 1. The van der Waals surface area contributed by atoms with Crippen LogP contribution in [0, 0.1) is 6.92 Å². The Kier molecular flexibility index (Phi) is 3.19. The first-order valence-electron chi connectivity index (χ1n) is 5.57. The molecule has 1 saturated heterocycles. The van der Waals surface area contributed by atoms with E-state index in [1.807, 2.05) is 17.9 Å². The molecule has 0 atom stereocenters. The zero-order valence-electron chi connectivity index (χ0n) is 9.81. The van der Waals surface area contributed by atoms with Crippen molar-refractivity contribution in [1.82, 2.24) is 14.8 Å². The summed E-state index contributed by atoms with van der Waals surface area (Å²) >= 11 is 0. The van der Waals surface area contributed by atoms with Crippen molar-refractivity contribution in [1.29, 1.82) is 0 Å². The summed E-state index contributed by atoms with van der Waals surface area (Å²) in [6.07, 6.45) is 1.74. The Hall–Kier alpha value is -1.42. The van der Waals surface area contributed by atoms with Crippen LogP contribution in [0.5, 0.6) is 0 Å². The van der Waals surface area contributed by atoms with Gasteiger partial charge in [0.25, 0.3) is 5.91 Å². The molecule has 0 aromatic carbocycles. The minimum atomic E-state index is 0.0492. The summed E-state index contributed by atoms with van der Waals surface area (Å²) in [5, 5.41) is 0. The van der Waals surface area contributed by atoms with Crippen LogP contribution in [0.15, 0.2) is 18.3 Å². The highest BCUT2D eigenvalue weighted by Crippen LogP contribution is 2.06. The lowest BCUT2D eigenvalue weighted by Gasteiger charge is -2.32.